The van der Waals surface area contributed by atoms with Crippen LogP contribution in [0.25, 0.3) is 0 Å². The van der Waals surface area contributed by atoms with E-state index in [9.17, 15) is 4.79 Å². The molecular formula is C12H18N6O. The first-order valence-electron chi connectivity index (χ1n) is 6.25. The van der Waals surface area contributed by atoms with Crippen LogP contribution in [0.15, 0.2) is 18.7 Å². The third-order valence-electron chi connectivity index (χ3n) is 2.67. The number of nitrogens with zero attached hydrogens (tertiary/aromatic N) is 4. The fourth-order valence-electron chi connectivity index (χ4n) is 1.68. The molecule has 0 aromatic carbocycles. The van der Waals surface area contributed by atoms with Gasteiger partial charge in [-0.05, 0) is 6.92 Å². The van der Waals surface area contributed by atoms with Gasteiger partial charge < -0.3 is 9.88 Å². The third kappa shape index (κ3) is 3.40. The van der Waals surface area contributed by atoms with Crippen LogP contribution >= 0.6 is 0 Å². The molecule has 0 bridgehead atoms. The van der Waals surface area contributed by atoms with E-state index >= 15 is 0 Å². The van der Waals surface area contributed by atoms with Crippen molar-refractivity contribution in [1.29, 1.82) is 0 Å². The molecule has 0 fully saturated rings. The summed E-state index contributed by atoms with van der Waals surface area (Å²) in [7, 11) is 0. The number of carbonyl (C=O) groups is 1. The SMILES string of the molecule is CC(Cn1ccnc1)NC(=O)c1n[nH]c(C(C)C)n1. The molecule has 2 rings (SSSR count). The highest BCUT2D eigenvalue weighted by molar-refractivity contribution is 5.90. The smallest absolute Gasteiger partial charge is 0.291 e. The number of imidazole rings is 1. The maximum absolute atomic E-state index is 11.9. The predicted molar refractivity (Wildman–Crippen MR) is 69.6 cm³/mol. The summed E-state index contributed by atoms with van der Waals surface area (Å²) < 4.78 is 1.91. The molecule has 2 heterocycles. The lowest BCUT2D eigenvalue weighted by molar-refractivity contribution is 0.0926. The standard InChI is InChI=1S/C12H18N6O/c1-8(2)10-15-11(17-16-10)12(19)14-9(3)6-18-5-4-13-7-18/h4-5,7-9H,6H2,1-3H3,(H,14,19)(H,15,16,17). The van der Waals surface area contributed by atoms with Crippen LogP contribution in [0, 0.1) is 0 Å². The second-order valence-corrected chi connectivity index (χ2v) is 4.83. The van der Waals surface area contributed by atoms with Crippen LogP contribution in [0.3, 0.4) is 0 Å². The molecule has 7 nitrogen and oxygen atoms in total. The quantitative estimate of drug-likeness (QED) is 0.839. The van der Waals surface area contributed by atoms with Gasteiger partial charge >= 0.3 is 0 Å². The molecule has 2 N–H and O–H groups in total. The number of nitrogens with one attached hydrogen (secondary N) is 2. The summed E-state index contributed by atoms with van der Waals surface area (Å²) in [6.07, 6.45) is 5.28. The Morgan fingerprint density at radius 2 is 2.26 bits per heavy atom. The molecule has 0 aliphatic carbocycles. The van der Waals surface area contributed by atoms with Gasteiger partial charge in [0.25, 0.3) is 5.91 Å². The van der Waals surface area contributed by atoms with Crippen molar-refractivity contribution in [2.45, 2.75) is 39.3 Å². The lowest BCUT2D eigenvalue weighted by Crippen LogP contribution is -2.36. The van der Waals surface area contributed by atoms with Gasteiger partial charge in [-0.1, -0.05) is 13.8 Å². The molecule has 102 valence electrons. The highest BCUT2D eigenvalue weighted by Gasteiger charge is 2.16. The molecule has 1 unspecified atom stereocenters. The first-order valence-corrected chi connectivity index (χ1v) is 6.25. The summed E-state index contributed by atoms with van der Waals surface area (Å²) in [5, 5.41) is 9.54. The van der Waals surface area contributed by atoms with Crippen LogP contribution in [-0.4, -0.2) is 36.7 Å². The number of hydrogen-bond donors (Lipinski definition) is 2. The van der Waals surface area contributed by atoms with E-state index in [0.29, 0.717) is 12.4 Å². The number of hydrogen-bond acceptors (Lipinski definition) is 4. The minimum Gasteiger partial charge on any atom is -0.345 e. The number of H-pyrrole nitrogens is 1. The Bertz CT molecular complexity index is 530. The van der Waals surface area contributed by atoms with E-state index in [1.165, 1.54) is 0 Å². The van der Waals surface area contributed by atoms with Gasteiger partial charge in [-0.15, -0.1) is 5.10 Å². The van der Waals surface area contributed by atoms with Crippen molar-refractivity contribution in [2.75, 3.05) is 0 Å². The maximum atomic E-state index is 11.9. The average molecular weight is 262 g/mol. The van der Waals surface area contributed by atoms with E-state index < -0.39 is 0 Å². The lowest BCUT2D eigenvalue weighted by Gasteiger charge is -2.12. The third-order valence-corrected chi connectivity index (χ3v) is 2.67. The first-order chi connectivity index (χ1) is 9.06. The number of aromatic amines is 1. The second-order valence-electron chi connectivity index (χ2n) is 4.83. The summed E-state index contributed by atoms with van der Waals surface area (Å²) in [6.45, 7) is 6.56. The van der Waals surface area contributed by atoms with Crippen LogP contribution in [0.5, 0.6) is 0 Å². The normalized spacial score (nSPS) is 12.6. The van der Waals surface area contributed by atoms with Crippen molar-refractivity contribution >= 4 is 5.91 Å². The topological polar surface area (TPSA) is 88.5 Å². The average Bonchev–Trinajstić information content (AvgIpc) is 2.98. The Balaban J connectivity index is 1.92. The molecule has 2 aromatic rings. The van der Waals surface area contributed by atoms with Crippen molar-refractivity contribution < 1.29 is 4.79 Å². The van der Waals surface area contributed by atoms with Crippen molar-refractivity contribution in [3.05, 3.63) is 30.4 Å². The van der Waals surface area contributed by atoms with Crippen LogP contribution in [-0.2, 0) is 6.54 Å². The fraction of sp³-hybridized carbons (Fsp3) is 0.500. The van der Waals surface area contributed by atoms with Crippen molar-refractivity contribution in [3.63, 3.8) is 0 Å². The fourth-order valence-corrected chi connectivity index (χ4v) is 1.68. The monoisotopic (exact) mass is 262 g/mol. The van der Waals surface area contributed by atoms with Gasteiger partial charge in [0.1, 0.15) is 5.82 Å². The molecule has 19 heavy (non-hydrogen) atoms. The molecule has 1 atom stereocenters. The zero-order valence-electron chi connectivity index (χ0n) is 11.3. The maximum Gasteiger partial charge on any atom is 0.291 e. The van der Waals surface area contributed by atoms with Gasteiger partial charge in [-0.25, -0.2) is 9.97 Å². The minimum absolute atomic E-state index is 0.0253. The molecule has 2 aromatic heterocycles. The summed E-state index contributed by atoms with van der Waals surface area (Å²) in [5.41, 5.74) is 0. The van der Waals surface area contributed by atoms with E-state index in [2.05, 4.69) is 25.5 Å². The van der Waals surface area contributed by atoms with Gasteiger partial charge in [0.2, 0.25) is 5.82 Å². The van der Waals surface area contributed by atoms with Gasteiger partial charge in [-0.2, -0.15) is 0 Å². The number of aromatic nitrogens is 5. The lowest BCUT2D eigenvalue weighted by atomic mass is 10.2. The zero-order chi connectivity index (χ0) is 13.8. The molecule has 0 aliphatic rings. The van der Waals surface area contributed by atoms with Crippen LogP contribution < -0.4 is 5.32 Å². The largest absolute Gasteiger partial charge is 0.345 e. The van der Waals surface area contributed by atoms with E-state index in [1.54, 1.807) is 12.5 Å². The molecule has 0 aliphatic heterocycles. The van der Waals surface area contributed by atoms with Crippen molar-refractivity contribution in [2.24, 2.45) is 0 Å². The van der Waals surface area contributed by atoms with Gasteiger partial charge in [0.05, 0.1) is 6.33 Å². The predicted octanol–water partition coefficient (Wildman–Crippen LogP) is 0.943. The van der Waals surface area contributed by atoms with Gasteiger partial charge in [-0.3, -0.25) is 9.89 Å². The summed E-state index contributed by atoms with van der Waals surface area (Å²) in [6, 6.07) is -0.0253. The van der Waals surface area contributed by atoms with Crippen LogP contribution in [0.2, 0.25) is 0 Å². The number of carbonyl (C=O) groups excluding carboxylic acids is 1. The Kier molecular flexibility index (Phi) is 3.94. The first kappa shape index (κ1) is 13.3. The summed E-state index contributed by atoms with van der Waals surface area (Å²) >= 11 is 0. The molecule has 0 radical (unpaired) electrons. The van der Waals surface area contributed by atoms with Gasteiger partial charge in [0, 0.05) is 30.9 Å². The molecule has 0 saturated carbocycles. The minimum atomic E-state index is -0.268. The van der Waals surface area contributed by atoms with Crippen molar-refractivity contribution in [3.8, 4) is 0 Å². The summed E-state index contributed by atoms with van der Waals surface area (Å²) in [4.78, 5) is 20.1. The Hall–Kier alpha value is -2.18. The van der Waals surface area contributed by atoms with E-state index in [-0.39, 0.29) is 23.7 Å². The second kappa shape index (κ2) is 5.64. The highest BCUT2D eigenvalue weighted by atomic mass is 16.2. The molecule has 0 saturated heterocycles. The Morgan fingerprint density at radius 3 is 2.84 bits per heavy atom. The number of amides is 1. The molecular weight excluding hydrogens is 244 g/mol. The Labute approximate surface area is 111 Å². The highest BCUT2D eigenvalue weighted by Crippen LogP contribution is 2.07. The van der Waals surface area contributed by atoms with E-state index in [0.717, 1.165) is 0 Å². The van der Waals surface area contributed by atoms with Crippen LogP contribution in [0.4, 0.5) is 0 Å². The van der Waals surface area contributed by atoms with Crippen LogP contribution in [0.1, 0.15) is 43.1 Å². The Morgan fingerprint density at radius 1 is 1.47 bits per heavy atom. The molecule has 7 heteroatoms. The number of rotatable bonds is 5. The zero-order valence-corrected chi connectivity index (χ0v) is 11.3. The van der Waals surface area contributed by atoms with Gasteiger partial charge in [0.15, 0.2) is 0 Å². The molecule has 1 amide bonds. The summed E-state index contributed by atoms with van der Waals surface area (Å²) in [5.74, 6) is 0.849. The van der Waals surface area contributed by atoms with Crippen molar-refractivity contribution in [1.82, 2.24) is 30.0 Å². The molecule has 0 spiro atoms. The van der Waals surface area contributed by atoms with E-state index in [1.807, 2.05) is 31.5 Å². The van der Waals surface area contributed by atoms with E-state index in [4.69, 9.17) is 0 Å².